The first kappa shape index (κ1) is 14.5. The third kappa shape index (κ3) is 2.91. The Kier molecular flexibility index (Phi) is 3.91. The highest BCUT2D eigenvalue weighted by Gasteiger charge is 2.22. The molecule has 2 aromatic heterocycles. The van der Waals surface area contributed by atoms with Crippen LogP contribution in [-0.4, -0.2) is 19.9 Å². The number of nitrogens with zero attached hydrogens (tertiary/aromatic N) is 4. The number of hydrogen-bond acceptors (Lipinski definition) is 5. The van der Waals surface area contributed by atoms with Crippen LogP contribution in [0, 0.1) is 6.92 Å². The second-order valence-corrected chi connectivity index (χ2v) is 6.68. The molecular formula is C17H18N4OS. The van der Waals surface area contributed by atoms with Gasteiger partial charge in [-0.2, -0.15) is 10.1 Å². The first-order valence-corrected chi connectivity index (χ1v) is 8.99. The molecule has 0 saturated heterocycles. The second-order valence-electron chi connectivity index (χ2n) is 5.70. The third-order valence-corrected chi connectivity index (χ3v) is 4.99. The van der Waals surface area contributed by atoms with Crippen molar-refractivity contribution < 1.29 is 4.52 Å². The Morgan fingerprint density at radius 1 is 1.17 bits per heavy atom. The van der Waals surface area contributed by atoms with Crippen LogP contribution in [0.4, 0.5) is 0 Å². The summed E-state index contributed by atoms with van der Waals surface area (Å²) < 4.78 is 7.13. The van der Waals surface area contributed by atoms with Crippen molar-refractivity contribution in [3.63, 3.8) is 0 Å². The minimum atomic E-state index is 0.620. The summed E-state index contributed by atoms with van der Waals surface area (Å²) in [5, 5.41) is 8.81. The number of aryl methyl sites for hydroxylation is 1. The summed E-state index contributed by atoms with van der Waals surface area (Å²) in [5.41, 5.74) is 5.16. The summed E-state index contributed by atoms with van der Waals surface area (Å²) in [6.45, 7) is 1.82. The van der Waals surface area contributed by atoms with Crippen molar-refractivity contribution in [2.24, 2.45) is 0 Å². The predicted molar refractivity (Wildman–Crippen MR) is 89.6 cm³/mol. The van der Waals surface area contributed by atoms with Gasteiger partial charge in [0.2, 0.25) is 5.89 Å². The van der Waals surface area contributed by atoms with Crippen molar-refractivity contribution in [1.29, 1.82) is 0 Å². The highest BCUT2D eigenvalue weighted by atomic mass is 32.2. The lowest BCUT2D eigenvalue weighted by Gasteiger charge is -2.04. The predicted octanol–water partition coefficient (Wildman–Crippen LogP) is 3.49. The maximum absolute atomic E-state index is 5.01. The van der Waals surface area contributed by atoms with E-state index in [-0.39, 0.29) is 0 Å². The number of benzene rings is 1. The molecule has 0 aliphatic heterocycles. The minimum absolute atomic E-state index is 0.620. The highest BCUT2D eigenvalue weighted by Crippen LogP contribution is 2.30. The quantitative estimate of drug-likeness (QED) is 0.718. The summed E-state index contributed by atoms with van der Waals surface area (Å²) in [6.07, 6.45) is 3.48. The van der Waals surface area contributed by atoms with Crippen molar-refractivity contribution in [3.8, 4) is 5.69 Å². The number of aromatic nitrogens is 4. The Morgan fingerprint density at radius 3 is 2.83 bits per heavy atom. The molecule has 6 heteroatoms. The lowest BCUT2D eigenvalue weighted by Crippen LogP contribution is -2.01. The van der Waals surface area contributed by atoms with Gasteiger partial charge in [0.15, 0.2) is 5.82 Å². The van der Waals surface area contributed by atoms with E-state index in [9.17, 15) is 0 Å². The molecule has 0 spiro atoms. The molecule has 3 aromatic rings. The van der Waals surface area contributed by atoms with E-state index in [0.717, 1.165) is 35.9 Å². The summed E-state index contributed by atoms with van der Waals surface area (Å²) in [6, 6.07) is 10.4. The number of fused-ring (bicyclic) bond motifs is 1. The smallest absolute Gasteiger partial charge is 0.223 e. The Morgan fingerprint density at radius 2 is 2.04 bits per heavy atom. The van der Waals surface area contributed by atoms with Gasteiger partial charge in [0.05, 0.1) is 17.1 Å². The van der Waals surface area contributed by atoms with Gasteiger partial charge in [0.25, 0.3) is 0 Å². The van der Waals surface area contributed by atoms with Crippen LogP contribution < -0.4 is 0 Å². The third-order valence-electron chi connectivity index (χ3n) is 4.05. The molecule has 1 aliphatic carbocycles. The molecule has 5 nitrogen and oxygen atoms in total. The van der Waals surface area contributed by atoms with Crippen LogP contribution in [-0.2, 0) is 24.3 Å². The van der Waals surface area contributed by atoms with E-state index >= 15 is 0 Å². The SMILES string of the molecule is Cc1nc(CSCc2nn(-c3ccccc3)c3c2CCC3)no1. The zero-order chi connectivity index (χ0) is 15.6. The van der Waals surface area contributed by atoms with E-state index in [4.69, 9.17) is 9.62 Å². The topological polar surface area (TPSA) is 56.7 Å². The highest BCUT2D eigenvalue weighted by molar-refractivity contribution is 7.97. The molecule has 4 rings (SSSR count). The van der Waals surface area contributed by atoms with Gasteiger partial charge < -0.3 is 4.52 Å². The van der Waals surface area contributed by atoms with Gasteiger partial charge in [0.1, 0.15) is 0 Å². The molecular weight excluding hydrogens is 308 g/mol. The van der Waals surface area contributed by atoms with E-state index < -0.39 is 0 Å². The van der Waals surface area contributed by atoms with E-state index in [1.807, 2.05) is 13.0 Å². The van der Waals surface area contributed by atoms with Crippen LogP contribution in [0.1, 0.15) is 35.1 Å². The van der Waals surface area contributed by atoms with Gasteiger partial charge in [-0.3, -0.25) is 0 Å². The Bertz CT molecular complexity index is 809. The van der Waals surface area contributed by atoms with Crippen LogP contribution >= 0.6 is 11.8 Å². The van der Waals surface area contributed by atoms with Crippen molar-refractivity contribution in [2.75, 3.05) is 0 Å². The number of rotatable bonds is 5. The van der Waals surface area contributed by atoms with Crippen molar-refractivity contribution >= 4 is 11.8 Å². The standard InChI is InChI=1S/C17H18N4OS/c1-12-18-17(20-22-12)11-23-10-15-14-8-5-9-16(14)21(19-15)13-6-3-2-4-7-13/h2-4,6-7H,5,8-11H2,1H3. The van der Waals surface area contributed by atoms with E-state index in [1.165, 1.54) is 23.4 Å². The number of para-hydroxylation sites is 1. The number of thioether (sulfide) groups is 1. The molecule has 0 bridgehead atoms. The molecule has 0 amide bonds. The molecule has 23 heavy (non-hydrogen) atoms. The fourth-order valence-corrected chi connectivity index (χ4v) is 3.88. The summed E-state index contributed by atoms with van der Waals surface area (Å²) in [4.78, 5) is 4.24. The summed E-state index contributed by atoms with van der Waals surface area (Å²) in [5.74, 6) is 3.02. The fourth-order valence-electron chi connectivity index (χ4n) is 3.05. The van der Waals surface area contributed by atoms with Crippen LogP contribution in [0.3, 0.4) is 0 Å². The largest absolute Gasteiger partial charge is 0.340 e. The van der Waals surface area contributed by atoms with Gasteiger partial charge >= 0.3 is 0 Å². The lowest BCUT2D eigenvalue weighted by molar-refractivity contribution is 0.389. The van der Waals surface area contributed by atoms with Gasteiger partial charge in [-0.25, -0.2) is 4.68 Å². The normalized spacial score (nSPS) is 13.4. The van der Waals surface area contributed by atoms with Crippen molar-refractivity contribution in [3.05, 3.63) is 59.0 Å². The zero-order valence-corrected chi connectivity index (χ0v) is 13.8. The second kappa shape index (κ2) is 6.20. The summed E-state index contributed by atoms with van der Waals surface area (Å²) >= 11 is 1.79. The van der Waals surface area contributed by atoms with Crippen molar-refractivity contribution in [1.82, 2.24) is 19.9 Å². The molecule has 1 aliphatic rings. The van der Waals surface area contributed by atoms with E-state index in [0.29, 0.717) is 5.89 Å². The average molecular weight is 326 g/mol. The van der Waals surface area contributed by atoms with Gasteiger partial charge in [-0.15, -0.1) is 11.8 Å². The van der Waals surface area contributed by atoms with E-state index in [2.05, 4.69) is 39.1 Å². The molecule has 118 valence electrons. The molecule has 0 fully saturated rings. The Hall–Kier alpha value is -2.08. The van der Waals surface area contributed by atoms with Crippen LogP contribution in [0.25, 0.3) is 5.69 Å². The fraction of sp³-hybridized carbons (Fsp3) is 0.353. The van der Waals surface area contributed by atoms with Gasteiger partial charge in [-0.05, 0) is 37.0 Å². The lowest BCUT2D eigenvalue weighted by atomic mass is 10.2. The van der Waals surface area contributed by atoms with Crippen LogP contribution in [0.15, 0.2) is 34.9 Å². The Labute approximate surface area is 139 Å². The molecule has 0 unspecified atom stereocenters. The zero-order valence-electron chi connectivity index (χ0n) is 13.0. The van der Waals surface area contributed by atoms with Gasteiger partial charge in [-0.1, -0.05) is 23.4 Å². The maximum Gasteiger partial charge on any atom is 0.223 e. The molecule has 0 atom stereocenters. The summed E-state index contributed by atoms with van der Waals surface area (Å²) in [7, 11) is 0. The molecule has 0 N–H and O–H groups in total. The number of hydrogen-bond donors (Lipinski definition) is 0. The van der Waals surface area contributed by atoms with Crippen molar-refractivity contribution in [2.45, 2.75) is 37.7 Å². The monoisotopic (exact) mass is 326 g/mol. The first-order valence-electron chi connectivity index (χ1n) is 7.83. The first-order chi connectivity index (χ1) is 11.3. The maximum atomic E-state index is 5.01. The van der Waals surface area contributed by atoms with Crippen LogP contribution in [0.5, 0.6) is 0 Å². The molecule has 0 saturated carbocycles. The Balaban J connectivity index is 1.53. The minimum Gasteiger partial charge on any atom is -0.340 e. The molecule has 1 aromatic carbocycles. The van der Waals surface area contributed by atoms with E-state index in [1.54, 1.807) is 11.8 Å². The molecule has 2 heterocycles. The molecule has 0 radical (unpaired) electrons. The average Bonchev–Trinajstić information content (AvgIpc) is 3.26. The van der Waals surface area contributed by atoms with Gasteiger partial charge in [0, 0.05) is 18.4 Å². The van der Waals surface area contributed by atoms with Crippen LogP contribution in [0.2, 0.25) is 0 Å².